The number of aromatic nitrogens is 1. The summed E-state index contributed by atoms with van der Waals surface area (Å²) in [7, 11) is 0. The van der Waals surface area contributed by atoms with Crippen LogP contribution in [-0.2, 0) is 6.54 Å². The molecule has 0 spiro atoms. The molecule has 1 unspecified atom stereocenters. The topological polar surface area (TPSA) is 54.5 Å². The lowest BCUT2D eigenvalue weighted by Crippen LogP contribution is -2.40. The number of fused-ring (bicyclic) bond motifs is 1. The average Bonchev–Trinajstić information content (AvgIpc) is 2.99. The molecule has 3 rings (SSSR count). The van der Waals surface area contributed by atoms with Crippen LogP contribution in [-0.4, -0.2) is 52.5 Å². The van der Waals surface area contributed by atoms with Gasteiger partial charge in [0.1, 0.15) is 5.69 Å². The van der Waals surface area contributed by atoms with Crippen molar-refractivity contribution in [3.8, 4) is 0 Å². The summed E-state index contributed by atoms with van der Waals surface area (Å²) in [5.41, 5.74) is 7.33. The largest absolute Gasteiger partial charge is 0.397 e. The summed E-state index contributed by atoms with van der Waals surface area (Å²) in [5.74, 6) is 0.147. The summed E-state index contributed by atoms with van der Waals surface area (Å²) in [6, 6.07) is 2.39. The molecular formula is C16H26N4O. The van der Waals surface area contributed by atoms with Crippen LogP contribution in [0.4, 0.5) is 5.69 Å². The molecule has 3 heterocycles. The van der Waals surface area contributed by atoms with Crippen molar-refractivity contribution in [3.05, 3.63) is 18.0 Å². The van der Waals surface area contributed by atoms with Crippen LogP contribution >= 0.6 is 0 Å². The molecule has 5 heteroatoms. The molecule has 21 heavy (non-hydrogen) atoms. The van der Waals surface area contributed by atoms with Gasteiger partial charge in [0.2, 0.25) is 0 Å². The fourth-order valence-electron chi connectivity index (χ4n) is 3.69. The zero-order chi connectivity index (χ0) is 14.8. The molecule has 0 radical (unpaired) electrons. The van der Waals surface area contributed by atoms with Gasteiger partial charge >= 0.3 is 0 Å². The van der Waals surface area contributed by atoms with Crippen LogP contribution in [0.1, 0.15) is 43.1 Å². The van der Waals surface area contributed by atoms with Crippen LogP contribution < -0.4 is 5.73 Å². The Hall–Kier alpha value is -1.49. The van der Waals surface area contributed by atoms with Gasteiger partial charge in [-0.1, -0.05) is 6.92 Å². The Morgan fingerprint density at radius 2 is 2.14 bits per heavy atom. The number of nitrogens with two attached hydrogens (primary N) is 1. The number of hydrogen-bond donors (Lipinski definition) is 1. The summed E-state index contributed by atoms with van der Waals surface area (Å²) in [4.78, 5) is 17.5. The molecule has 2 saturated heterocycles. The zero-order valence-electron chi connectivity index (χ0n) is 12.9. The van der Waals surface area contributed by atoms with Crippen molar-refractivity contribution in [1.29, 1.82) is 0 Å². The Morgan fingerprint density at radius 1 is 1.33 bits per heavy atom. The Kier molecular flexibility index (Phi) is 4.19. The van der Waals surface area contributed by atoms with Crippen LogP contribution in [0.2, 0.25) is 0 Å². The fourth-order valence-corrected chi connectivity index (χ4v) is 3.69. The van der Waals surface area contributed by atoms with E-state index >= 15 is 0 Å². The molecule has 2 aliphatic rings. The predicted molar refractivity (Wildman–Crippen MR) is 84.3 cm³/mol. The van der Waals surface area contributed by atoms with Gasteiger partial charge in [0.05, 0.1) is 5.69 Å². The van der Waals surface area contributed by atoms with Gasteiger partial charge in [0.15, 0.2) is 0 Å². The minimum absolute atomic E-state index is 0.147. The normalized spacial score (nSPS) is 23.1. The zero-order valence-corrected chi connectivity index (χ0v) is 12.9. The van der Waals surface area contributed by atoms with E-state index in [4.69, 9.17) is 5.73 Å². The third-order valence-electron chi connectivity index (χ3n) is 4.69. The van der Waals surface area contributed by atoms with Gasteiger partial charge in [0.25, 0.3) is 5.91 Å². The highest BCUT2D eigenvalue weighted by atomic mass is 16.2. The van der Waals surface area contributed by atoms with Crippen molar-refractivity contribution in [2.75, 3.05) is 31.9 Å². The first-order valence-electron chi connectivity index (χ1n) is 8.18. The number of carbonyl (C=O) groups is 1. The maximum Gasteiger partial charge on any atom is 0.270 e. The molecule has 2 N–H and O–H groups in total. The third-order valence-corrected chi connectivity index (χ3v) is 4.69. The number of hydrogen-bond acceptors (Lipinski definition) is 3. The summed E-state index contributed by atoms with van der Waals surface area (Å²) < 4.78 is 2.01. The SMILES string of the molecule is CCCn1cc(N)cc1C(=O)N1CCCN2CCCC2C1. The molecule has 0 aliphatic carbocycles. The van der Waals surface area contributed by atoms with Crippen LogP contribution in [0.5, 0.6) is 0 Å². The monoisotopic (exact) mass is 290 g/mol. The van der Waals surface area contributed by atoms with Crippen molar-refractivity contribution in [1.82, 2.24) is 14.4 Å². The van der Waals surface area contributed by atoms with E-state index in [0.717, 1.165) is 44.7 Å². The summed E-state index contributed by atoms with van der Waals surface area (Å²) in [6.07, 6.45) is 6.46. The van der Waals surface area contributed by atoms with Gasteiger partial charge in [-0.3, -0.25) is 9.69 Å². The van der Waals surface area contributed by atoms with Crippen LogP contribution in [0, 0.1) is 0 Å². The number of nitrogens with zero attached hydrogens (tertiary/aromatic N) is 3. The first-order chi connectivity index (χ1) is 10.2. The van der Waals surface area contributed by atoms with E-state index in [-0.39, 0.29) is 5.91 Å². The summed E-state index contributed by atoms with van der Waals surface area (Å²) in [5, 5.41) is 0. The molecule has 0 saturated carbocycles. The Labute approximate surface area is 126 Å². The second-order valence-electron chi connectivity index (χ2n) is 6.29. The molecule has 1 aromatic heterocycles. The molecule has 116 valence electrons. The minimum Gasteiger partial charge on any atom is -0.397 e. The number of aryl methyl sites for hydroxylation is 1. The summed E-state index contributed by atoms with van der Waals surface area (Å²) in [6.45, 7) is 7.03. The van der Waals surface area contributed by atoms with Crippen molar-refractivity contribution in [3.63, 3.8) is 0 Å². The van der Waals surface area contributed by atoms with Gasteiger partial charge in [-0.15, -0.1) is 0 Å². The van der Waals surface area contributed by atoms with E-state index in [1.54, 1.807) is 0 Å². The van der Waals surface area contributed by atoms with E-state index in [9.17, 15) is 4.79 Å². The number of anilines is 1. The molecule has 1 aromatic rings. The molecule has 2 fully saturated rings. The number of nitrogen functional groups attached to an aromatic ring is 1. The van der Waals surface area contributed by atoms with Gasteiger partial charge in [-0.2, -0.15) is 0 Å². The second kappa shape index (κ2) is 6.10. The molecule has 2 aliphatic heterocycles. The smallest absolute Gasteiger partial charge is 0.270 e. The lowest BCUT2D eigenvalue weighted by molar-refractivity contribution is 0.0732. The average molecular weight is 290 g/mol. The van der Waals surface area contributed by atoms with Gasteiger partial charge < -0.3 is 15.2 Å². The maximum absolute atomic E-state index is 12.9. The van der Waals surface area contributed by atoms with Crippen molar-refractivity contribution < 1.29 is 4.79 Å². The van der Waals surface area contributed by atoms with Gasteiger partial charge in [-0.25, -0.2) is 0 Å². The van der Waals surface area contributed by atoms with Crippen molar-refractivity contribution >= 4 is 11.6 Å². The van der Waals surface area contributed by atoms with Crippen LogP contribution in [0.3, 0.4) is 0 Å². The Bertz CT molecular complexity index is 510. The van der Waals surface area contributed by atoms with Gasteiger partial charge in [-0.05, 0) is 38.3 Å². The third kappa shape index (κ3) is 2.93. The summed E-state index contributed by atoms with van der Waals surface area (Å²) >= 11 is 0. The quantitative estimate of drug-likeness (QED) is 0.923. The maximum atomic E-state index is 12.9. The fraction of sp³-hybridized carbons (Fsp3) is 0.688. The Balaban J connectivity index is 1.77. The van der Waals surface area contributed by atoms with E-state index < -0.39 is 0 Å². The lowest BCUT2D eigenvalue weighted by atomic mass is 10.2. The van der Waals surface area contributed by atoms with Crippen molar-refractivity contribution in [2.24, 2.45) is 0 Å². The Morgan fingerprint density at radius 3 is 2.95 bits per heavy atom. The van der Waals surface area contributed by atoms with Crippen LogP contribution in [0.25, 0.3) is 0 Å². The number of amides is 1. The highest BCUT2D eigenvalue weighted by molar-refractivity contribution is 5.94. The molecular weight excluding hydrogens is 264 g/mol. The van der Waals surface area contributed by atoms with Crippen molar-refractivity contribution in [2.45, 2.75) is 45.2 Å². The first kappa shape index (κ1) is 14.4. The number of carbonyl (C=O) groups excluding carboxylic acids is 1. The van der Waals surface area contributed by atoms with E-state index in [2.05, 4.69) is 11.8 Å². The highest BCUT2D eigenvalue weighted by Gasteiger charge is 2.31. The van der Waals surface area contributed by atoms with Crippen LogP contribution in [0.15, 0.2) is 12.3 Å². The molecule has 1 amide bonds. The van der Waals surface area contributed by atoms with E-state index in [1.807, 2.05) is 21.7 Å². The molecule has 5 nitrogen and oxygen atoms in total. The standard InChI is InChI=1S/C16H26N4O/c1-2-6-19-11-13(17)10-15(19)16(21)20-9-4-8-18-7-3-5-14(18)12-20/h10-11,14H,2-9,12,17H2,1H3. The second-order valence-corrected chi connectivity index (χ2v) is 6.29. The number of rotatable bonds is 3. The van der Waals surface area contributed by atoms with E-state index in [0.29, 0.717) is 11.7 Å². The molecule has 0 bridgehead atoms. The first-order valence-corrected chi connectivity index (χ1v) is 8.18. The van der Waals surface area contributed by atoms with Gasteiger partial charge in [0, 0.05) is 38.4 Å². The molecule has 1 atom stereocenters. The minimum atomic E-state index is 0.147. The van der Waals surface area contributed by atoms with E-state index in [1.165, 1.54) is 19.4 Å². The predicted octanol–water partition coefficient (Wildman–Crippen LogP) is 1.79. The lowest BCUT2D eigenvalue weighted by Gasteiger charge is -2.26. The highest BCUT2D eigenvalue weighted by Crippen LogP contribution is 2.23. The molecule has 0 aromatic carbocycles.